The third-order valence-corrected chi connectivity index (χ3v) is 3.58. The Bertz CT molecular complexity index is 495. The van der Waals surface area contributed by atoms with Gasteiger partial charge in [0.1, 0.15) is 5.84 Å². The first-order valence-corrected chi connectivity index (χ1v) is 6.22. The highest BCUT2D eigenvalue weighted by molar-refractivity contribution is 6.42. The number of amidine groups is 1. The topological polar surface area (TPSA) is 50.7 Å². The Labute approximate surface area is 110 Å². The van der Waals surface area contributed by atoms with Crippen molar-refractivity contribution in [1.29, 1.82) is 0 Å². The van der Waals surface area contributed by atoms with E-state index < -0.39 is 0 Å². The highest BCUT2D eigenvalue weighted by Crippen LogP contribution is 2.27. The number of rotatable bonds is 2. The minimum atomic E-state index is 0.296. The van der Waals surface area contributed by atoms with Gasteiger partial charge >= 0.3 is 0 Å². The smallest absolute Gasteiger partial charge is 0.123 e. The van der Waals surface area contributed by atoms with Crippen LogP contribution in [0.5, 0.6) is 0 Å². The van der Waals surface area contributed by atoms with Gasteiger partial charge in [-0.3, -0.25) is 0 Å². The van der Waals surface area contributed by atoms with Gasteiger partial charge in [0, 0.05) is 12.3 Å². The van der Waals surface area contributed by atoms with E-state index in [0.717, 1.165) is 24.1 Å². The van der Waals surface area contributed by atoms with Crippen LogP contribution in [-0.2, 0) is 0 Å². The first-order chi connectivity index (χ1) is 8.11. The second-order valence-electron chi connectivity index (χ2n) is 4.01. The molecule has 1 unspecified atom stereocenters. The highest BCUT2D eigenvalue weighted by Gasteiger charge is 2.21. The summed E-state index contributed by atoms with van der Waals surface area (Å²) in [6, 6.07) is 5.51. The van der Waals surface area contributed by atoms with Crippen molar-refractivity contribution in [3.05, 3.63) is 33.8 Å². The fraction of sp³-hybridized carbons (Fsp3) is 0.333. The van der Waals surface area contributed by atoms with Gasteiger partial charge in [-0.1, -0.05) is 36.2 Å². The molecule has 0 aromatic heterocycles. The van der Waals surface area contributed by atoms with E-state index in [1.165, 1.54) is 0 Å². The zero-order valence-electron chi connectivity index (χ0n) is 9.45. The third-order valence-electron chi connectivity index (χ3n) is 2.84. The van der Waals surface area contributed by atoms with Crippen LogP contribution < -0.4 is 5.73 Å². The van der Waals surface area contributed by atoms with Crippen LogP contribution >= 0.6 is 23.2 Å². The Kier molecular flexibility index (Phi) is 3.69. The fourth-order valence-electron chi connectivity index (χ4n) is 1.88. The van der Waals surface area contributed by atoms with Gasteiger partial charge in [-0.15, -0.1) is 5.10 Å². The standard InChI is InChI=1S/C12H13Cl2N3/c1-2-7-6-11(15)16-17-12(7)8-3-4-9(13)10(14)5-8/h3-5,7H,2,6H2,1H3,(H2,15,16). The van der Waals surface area contributed by atoms with E-state index in [9.17, 15) is 0 Å². The number of nitrogens with two attached hydrogens (primary N) is 1. The summed E-state index contributed by atoms with van der Waals surface area (Å²) in [6.45, 7) is 2.11. The summed E-state index contributed by atoms with van der Waals surface area (Å²) in [4.78, 5) is 0. The lowest BCUT2D eigenvalue weighted by atomic mass is 9.90. The van der Waals surface area contributed by atoms with Crippen LogP contribution in [0.2, 0.25) is 10.0 Å². The maximum atomic E-state index is 6.01. The van der Waals surface area contributed by atoms with Crippen molar-refractivity contribution in [3.8, 4) is 0 Å². The molecule has 1 atom stereocenters. The van der Waals surface area contributed by atoms with Crippen molar-refractivity contribution in [2.24, 2.45) is 21.9 Å². The van der Waals surface area contributed by atoms with Crippen LogP contribution in [-0.4, -0.2) is 11.5 Å². The molecule has 2 rings (SSSR count). The zero-order chi connectivity index (χ0) is 12.4. The monoisotopic (exact) mass is 269 g/mol. The lowest BCUT2D eigenvalue weighted by Gasteiger charge is -2.20. The van der Waals surface area contributed by atoms with Gasteiger partial charge in [-0.05, 0) is 24.1 Å². The number of nitrogens with zero attached hydrogens (tertiary/aromatic N) is 2. The molecular formula is C12H13Cl2N3. The van der Waals surface area contributed by atoms with Crippen LogP contribution in [0.4, 0.5) is 0 Å². The lowest BCUT2D eigenvalue weighted by Crippen LogP contribution is -2.26. The molecule has 0 radical (unpaired) electrons. The molecular weight excluding hydrogens is 257 g/mol. The normalized spacial score (nSPS) is 19.8. The molecule has 90 valence electrons. The maximum absolute atomic E-state index is 6.01. The van der Waals surface area contributed by atoms with Crippen molar-refractivity contribution >= 4 is 34.7 Å². The predicted molar refractivity (Wildman–Crippen MR) is 73.0 cm³/mol. The molecule has 1 aromatic rings. The summed E-state index contributed by atoms with van der Waals surface area (Å²) in [6.07, 6.45) is 1.71. The van der Waals surface area contributed by atoms with Gasteiger partial charge in [-0.25, -0.2) is 0 Å². The Hall–Kier alpha value is -1.06. The molecule has 1 aliphatic rings. The molecule has 1 aliphatic heterocycles. The van der Waals surface area contributed by atoms with Crippen LogP contribution in [0.3, 0.4) is 0 Å². The van der Waals surface area contributed by atoms with Crippen LogP contribution in [0.1, 0.15) is 25.3 Å². The molecule has 0 aliphatic carbocycles. The van der Waals surface area contributed by atoms with Gasteiger partial charge in [0.25, 0.3) is 0 Å². The van der Waals surface area contributed by atoms with E-state index in [1.54, 1.807) is 6.07 Å². The molecule has 3 nitrogen and oxygen atoms in total. The number of benzene rings is 1. The Morgan fingerprint density at radius 1 is 1.29 bits per heavy atom. The molecule has 5 heteroatoms. The van der Waals surface area contributed by atoms with E-state index >= 15 is 0 Å². The van der Waals surface area contributed by atoms with E-state index in [-0.39, 0.29) is 0 Å². The summed E-state index contributed by atoms with van der Waals surface area (Å²) in [5.74, 6) is 0.880. The summed E-state index contributed by atoms with van der Waals surface area (Å²) in [5, 5.41) is 9.20. The van der Waals surface area contributed by atoms with Crippen molar-refractivity contribution in [2.45, 2.75) is 19.8 Å². The fourth-order valence-corrected chi connectivity index (χ4v) is 2.17. The van der Waals surface area contributed by atoms with Crippen molar-refractivity contribution in [2.75, 3.05) is 0 Å². The van der Waals surface area contributed by atoms with Gasteiger partial charge in [-0.2, -0.15) is 5.10 Å². The average Bonchev–Trinajstić information content (AvgIpc) is 2.32. The number of hydrogen-bond acceptors (Lipinski definition) is 3. The quantitative estimate of drug-likeness (QED) is 0.878. The van der Waals surface area contributed by atoms with Crippen LogP contribution in [0.15, 0.2) is 28.4 Å². The summed E-state index contributed by atoms with van der Waals surface area (Å²) in [5.41, 5.74) is 7.58. The summed E-state index contributed by atoms with van der Waals surface area (Å²) >= 11 is 11.9. The first-order valence-electron chi connectivity index (χ1n) is 5.47. The van der Waals surface area contributed by atoms with E-state index in [4.69, 9.17) is 28.9 Å². The first kappa shape index (κ1) is 12.4. The second kappa shape index (κ2) is 5.07. The molecule has 0 fully saturated rings. The highest BCUT2D eigenvalue weighted by atomic mass is 35.5. The molecule has 0 saturated heterocycles. The van der Waals surface area contributed by atoms with Crippen LogP contribution in [0.25, 0.3) is 0 Å². The Morgan fingerprint density at radius 3 is 2.71 bits per heavy atom. The van der Waals surface area contributed by atoms with E-state index in [0.29, 0.717) is 21.8 Å². The SMILES string of the molecule is CCC1CC(N)=NN=C1c1ccc(Cl)c(Cl)c1. The van der Waals surface area contributed by atoms with E-state index in [2.05, 4.69) is 17.1 Å². The molecule has 0 bridgehead atoms. The van der Waals surface area contributed by atoms with Crippen molar-refractivity contribution < 1.29 is 0 Å². The molecule has 1 aromatic carbocycles. The molecule has 0 spiro atoms. The zero-order valence-corrected chi connectivity index (χ0v) is 11.0. The van der Waals surface area contributed by atoms with Gasteiger partial charge in [0.05, 0.1) is 15.8 Å². The maximum Gasteiger partial charge on any atom is 0.123 e. The Morgan fingerprint density at radius 2 is 2.06 bits per heavy atom. The Balaban J connectivity index is 2.40. The summed E-state index contributed by atoms with van der Waals surface area (Å²) < 4.78 is 0. The largest absolute Gasteiger partial charge is 0.386 e. The molecule has 2 N–H and O–H groups in total. The number of halogens is 2. The lowest BCUT2D eigenvalue weighted by molar-refractivity contribution is 0.677. The molecule has 0 amide bonds. The number of hydrogen-bond donors (Lipinski definition) is 1. The third kappa shape index (κ3) is 2.61. The molecule has 0 saturated carbocycles. The minimum Gasteiger partial charge on any atom is -0.386 e. The van der Waals surface area contributed by atoms with Crippen molar-refractivity contribution in [1.82, 2.24) is 0 Å². The predicted octanol–water partition coefficient (Wildman–Crippen LogP) is 3.48. The van der Waals surface area contributed by atoms with Crippen molar-refractivity contribution in [3.63, 3.8) is 0 Å². The minimum absolute atomic E-state index is 0.296. The molecule has 17 heavy (non-hydrogen) atoms. The van der Waals surface area contributed by atoms with Gasteiger partial charge in [0.2, 0.25) is 0 Å². The molecule has 1 heterocycles. The second-order valence-corrected chi connectivity index (χ2v) is 4.83. The average molecular weight is 270 g/mol. The summed E-state index contributed by atoms with van der Waals surface area (Å²) in [7, 11) is 0. The van der Waals surface area contributed by atoms with E-state index in [1.807, 2.05) is 12.1 Å². The van der Waals surface area contributed by atoms with Gasteiger partial charge in [0.15, 0.2) is 0 Å². The van der Waals surface area contributed by atoms with Crippen LogP contribution in [0, 0.1) is 5.92 Å². The van der Waals surface area contributed by atoms with Gasteiger partial charge < -0.3 is 5.73 Å².